The van der Waals surface area contributed by atoms with Gasteiger partial charge in [0, 0.05) is 18.4 Å². The van der Waals surface area contributed by atoms with Gasteiger partial charge >= 0.3 is 5.97 Å². The SMILES string of the molecule is CC#COC(=O)C#Cc1ccccc1. The molecule has 0 atom stereocenters. The summed E-state index contributed by atoms with van der Waals surface area (Å²) in [5, 5.41) is 0. The molecule has 2 nitrogen and oxygen atoms in total. The number of esters is 1. The Kier molecular flexibility index (Phi) is 3.86. The monoisotopic (exact) mass is 184 g/mol. The van der Waals surface area contributed by atoms with Crippen molar-refractivity contribution in [3.8, 4) is 23.9 Å². The number of carbonyl (C=O) groups is 1. The Morgan fingerprint density at radius 2 is 2.00 bits per heavy atom. The van der Waals surface area contributed by atoms with Crippen molar-refractivity contribution in [2.45, 2.75) is 6.92 Å². The summed E-state index contributed by atoms with van der Waals surface area (Å²) in [6.07, 6.45) is 2.18. The van der Waals surface area contributed by atoms with E-state index in [1.165, 1.54) is 0 Å². The minimum Gasteiger partial charge on any atom is -0.362 e. The highest BCUT2D eigenvalue weighted by atomic mass is 16.5. The maximum atomic E-state index is 10.9. The van der Waals surface area contributed by atoms with Crippen LogP contribution in [0.25, 0.3) is 0 Å². The van der Waals surface area contributed by atoms with E-state index in [1.54, 1.807) is 6.92 Å². The van der Waals surface area contributed by atoms with Gasteiger partial charge in [0.15, 0.2) is 0 Å². The zero-order valence-electron chi connectivity index (χ0n) is 7.70. The lowest BCUT2D eigenvalue weighted by Gasteiger charge is -1.86. The van der Waals surface area contributed by atoms with E-state index in [1.807, 2.05) is 30.3 Å². The van der Waals surface area contributed by atoms with Crippen LogP contribution in [0.2, 0.25) is 0 Å². The molecule has 0 amide bonds. The first-order valence-corrected chi connectivity index (χ1v) is 4.02. The van der Waals surface area contributed by atoms with Crippen LogP contribution < -0.4 is 0 Å². The minimum atomic E-state index is -0.636. The first-order chi connectivity index (χ1) is 6.83. The van der Waals surface area contributed by atoms with E-state index in [4.69, 9.17) is 0 Å². The Hall–Kier alpha value is -2.19. The minimum absolute atomic E-state index is 0.636. The highest BCUT2D eigenvalue weighted by molar-refractivity contribution is 5.89. The number of benzene rings is 1. The van der Waals surface area contributed by atoms with Gasteiger partial charge in [-0.15, -0.1) is 0 Å². The highest BCUT2D eigenvalue weighted by Crippen LogP contribution is 1.94. The molecule has 1 rings (SSSR count). The van der Waals surface area contributed by atoms with E-state index in [-0.39, 0.29) is 0 Å². The average Bonchev–Trinajstić information content (AvgIpc) is 2.25. The fraction of sp³-hybridized carbons (Fsp3) is 0.0833. The molecule has 0 aliphatic rings. The van der Waals surface area contributed by atoms with Crippen LogP contribution in [0.4, 0.5) is 0 Å². The summed E-state index contributed by atoms with van der Waals surface area (Å²) in [5.41, 5.74) is 0.772. The van der Waals surface area contributed by atoms with Crippen molar-refractivity contribution in [3.63, 3.8) is 0 Å². The Labute approximate surface area is 82.9 Å². The number of rotatable bonds is 0. The van der Waals surface area contributed by atoms with Gasteiger partial charge in [-0.2, -0.15) is 0 Å². The zero-order chi connectivity index (χ0) is 10.2. The summed E-state index contributed by atoms with van der Waals surface area (Å²) >= 11 is 0. The third-order valence-electron chi connectivity index (χ3n) is 1.33. The van der Waals surface area contributed by atoms with Gasteiger partial charge in [-0.05, 0) is 12.1 Å². The zero-order valence-corrected chi connectivity index (χ0v) is 7.70. The third kappa shape index (κ3) is 3.47. The van der Waals surface area contributed by atoms with Crippen LogP contribution in [0.5, 0.6) is 0 Å². The van der Waals surface area contributed by atoms with E-state index in [0.717, 1.165) is 5.56 Å². The van der Waals surface area contributed by atoms with E-state index >= 15 is 0 Å². The van der Waals surface area contributed by atoms with Crippen LogP contribution in [-0.2, 0) is 9.53 Å². The molecule has 0 N–H and O–H groups in total. The number of hydrogen-bond acceptors (Lipinski definition) is 2. The van der Waals surface area contributed by atoms with Crippen molar-refractivity contribution in [2.75, 3.05) is 0 Å². The standard InChI is InChI=1S/C12H8O2/c1-2-10-14-12(13)9-8-11-6-4-3-5-7-11/h3-7H,1H3. The number of ether oxygens (including phenoxy) is 1. The quantitative estimate of drug-likeness (QED) is 0.452. The lowest BCUT2D eigenvalue weighted by Crippen LogP contribution is -1.94. The predicted molar refractivity (Wildman–Crippen MR) is 52.9 cm³/mol. The van der Waals surface area contributed by atoms with Crippen LogP contribution in [-0.4, -0.2) is 5.97 Å². The molecule has 0 radical (unpaired) electrons. The second-order valence-corrected chi connectivity index (χ2v) is 2.36. The summed E-state index contributed by atoms with van der Waals surface area (Å²) in [6, 6.07) is 9.20. The van der Waals surface area contributed by atoms with Crippen molar-refractivity contribution in [3.05, 3.63) is 35.9 Å². The molecule has 0 unspecified atom stereocenters. The summed E-state index contributed by atoms with van der Waals surface area (Å²) in [4.78, 5) is 10.9. The Bertz CT molecular complexity index is 424. The van der Waals surface area contributed by atoms with Gasteiger partial charge < -0.3 is 4.74 Å². The van der Waals surface area contributed by atoms with Gasteiger partial charge in [0.1, 0.15) is 6.11 Å². The topological polar surface area (TPSA) is 26.3 Å². The molecule has 0 aliphatic carbocycles. The molecule has 0 saturated heterocycles. The summed E-state index contributed by atoms with van der Waals surface area (Å²) in [6.45, 7) is 1.58. The van der Waals surface area contributed by atoms with E-state index in [9.17, 15) is 4.79 Å². The maximum Gasteiger partial charge on any atom is 0.398 e. The third-order valence-corrected chi connectivity index (χ3v) is 1.33. The Morgan fingerprint density at radius 1 is 1.29 bits per heavy atom. The second-order valence-electron chi connectivity index (χ2n) is 2.36. The smallest absolute Gasteiger partial charge is 0.362 e. The number of hydrogen-bond donors (Lipinski definition) is 0. The Balaban J connectivity index is 2.63. The summed E-state index contributed by atoms with van der Waals surface area (Å²) in [5.74, 6) is 6.78. The van der Waals surface area contributed by atoms with E-state index in [0.29, 0.717) is 0 Å². The van der Waals surface area contributed by atoms with E-state index < -0.39 is 5.97 Å². The molecule has 0 aliphatic heterocycles. The first kappa shape index (κ1) is 9.89. The Morgan fingerprint density at radius 3 is 2.64 bits per heavy atom. The van der Waals surface area contributed by atoms with Crippen LogP contribution >= 0.6 is 0 Å². The van der Waals surface area contributed by atoms with Crippen molar-refractivity contribution in [1.29, 1.82) is 0 Å². The van der Waals surface area contributed by atoms with E-state index in [2.05, 4.69) is 28.6 Å². The second kappa shape index (κ2) is 5.45. The van der Waals surface area contributed by atoms with Crippen LogP contribution in [0, 0.1) is 23.9 Å². The summed E-state index contributed by atoms with van der Waals surface area (Å²) in [7, 11) is 0. The normalized spacial score (nSPS) is 7.50. The molecule has 0 aromatic heterocycles. The number of carbonyl (C=O) groups excluding carboxylic acids is 1. The van der Waals surface area contributed by atoms with Gasteiger partial charge in [-0.3, -0.25) is 0 Å². The predicted octanol–water partition coefficient (Wildman–Crippen LogP) is 1.56. The molecule has 0 heterocycles. The van der Waals surface area contributed by atoms with Crippen LogP contribution in [0.1, 0.15) is 12.5 Å². The van der Waals surface area contributed by atoms with Gasteiger partial charge in [0.2, 0.25) is 0 Å². The van der Waals surface area contributed by atoms with Gasteiger partial charge in [0.05, 0.1) is 0 Å². The first-order valence-electron chi connectivity index (χ1n) is 4.02. The van der Waals surface area contributed by atoms with Crippen molar-refractivity contribution >= 4 is 5.97 Å². The average molecular weight is 184 g/mol. The largest absolute Gasteiger partial charge is 0.398 e. The lowest BCUT2D eigenvalue weighted by molar-refractivity contribution is -0.130. The molecule has 14 heavy (non-hydrogen) atoms. The molecule has 0 bridgehead atoms. The fourth-order valence-electron chi connectivity index (χ4n) is 0.768. The molecular formula is C12H8O2. The maximum absolute atomic E-state index is 10.9. The van der Waals surface area contributed by atoms with Crippen LogP contribution in [0.3, 0.4) is 0 Å². The fourth-order valence-corrected chi connectivity index (χ4v) is 0.768. The van der Waals surface area contributed by atoms with Crippen molar-refractivity contribution < 1.29 is 9.53 Å². The molecule has 0 saturated carbocycles. The van der Waals surface area contributed by atoms with Crippen LogP contribution in [0.15, 0.2) is 30.3 Å². The molecule has 1 aromatic rings. The van der Waals surface area contributed by atoms with Gasteiger partial charge in [0.25, 0.3) is 0 Å². The molecule has 1 aromatic carbocycles. The molecule has 68 valence electrons. The highest BCUT2D eigenvalue weighted by Gasteiger charge is 1.91. The van der Waals surface area contributed by atoms with Crippen molar-refractivity contribution in [2.24, 2.45) is 0 Å². The summed E-state index contributed by atoms with van der Waals surface area (Å²) < 4.78 is 4.44. The molecular weight excluding hydrogens is 176 g/mol. The lowest BCUT2D eigenvalue weighted by atomic mass is 10.2. The van der Waals surface area contributed by atoms with Crippen molar-refractivity contribution in [1.82, 2.24) is 0 Å². The molecule has 0 fully saturated rings. The molecule has 2 heteroatoms. The van der Waals surface area contributed by atoms with Gasteiger partial charge in [-0.25, -0.2) is 4.79 Å². The molecule has 0 spiro atoms. The van der Waals surface area contributed by atoms with Gasteiger partial charge in [-0.1, -0.05) is 30.0 Å².